The summed E-state index contributed by atoms with van der Waals surface area (Å²) in [6.07, 6.45) is 6.31. The van der Waals surface area contributed by atoms with Gasteiger partial charge < -0.3 is 4.74 Å². The number of nitrogens with zero attached hydrogens (tertiary/aromatic N) is 1. The van der Waals surface area contributed by atoms with Crippen LogP contribution in [0.25, 0.3) is 0 Å². The zero-order valence-electron chi connectivity index (χ0n) is 11.1. The first-order valence-corrected chi connectivity index (χ1v) is 7.58. The van der Waals surface area contributed by atoms with Crippen molar-refractivity contribution in [2.45, 2.75) is 51.4 Å². The molecule has 1 heterocycles. The normalized spacial score (nSPS) is 23.9. The molecule has 2 rings (SSSR count). The molecule has 0 saturated heterocycles. The summed E-state index contributed by atoms with van der Waals surface area (Å²) in [5.74, 6) is 1.37. The van der Waals surface area contributed by atoms with Crippen LogP contribution in [-0.4, -0.2) is 18.1 Å². The number of methoxy groups -OCH3 is 1. The van der Waals surface area contributed by atoms with Crippen molar-refractivity contribution in [3.63, 3.8) is 0 Å². The molecule has 1 fully saturated rings. The van der Waals surface area contributed by atoms with Crippen molar-refractivity contribution in [1.29, 1.82) is 0 Å². The van der Waals surface area contributed by atoms with E-state index >= 15 is 0 Å². The molecule has 18 heavy (non-hydrogen) atoms. The second kappa shape index (κ2) is 6.32. The number of carbonyl (C=O) groups excluding carboxylic acids is 1. The molecule has 0 amide bonds. The Morgan fingerprint density at radius 2 is 2.17 bits per heavy atom. The van der Waals surface area contributed by atoms with Crippen molar-refractivity contribution < 1.29 is 9.53 Å². The fraction of sp³-hybridized carbons (Fsp3) is 0.714. The summed E-state index contributed by atoms with van der Waals surface area (Å²) >= 11 is 1.75. The van der Waals surface area contributed by atoms with Crippen LogP contribution in [-0.2, 0) is 16.0 Å². The molecule has 3 nitrogen and oxygen atoms in total. The lowest BCUT2D eigenvalue weighted by Crippen LogP contribution is -2.10. The maximum atomic E-state index is 11.1. The van der Waals surface area contributed by atoms with Crippen LogP contribution in [0.1, 0.15) is 55.6 Å². The van der Waals surface area contributed by atoms with Crippen LogP contribution in [0.15, 0.2) is 5.38 Å². The molecule has 0 aliphatic heterocycles. The summed E-state index contributed by atoms with van der Waals surface area (Å²) in [6, 6.07) is 0. The first-order chi connectivity index (χ1) is 8.69. The lowest BCUT2D eigenvalue weighted by Gasteiger charge is -2.24. The first kappa shape index (κ1) is 13.5. The Bertz CT molecular complexity index is 394. The number of aromatic nitrogens is 1. The van der Waals surface area contributed by atoms with Crippen LogP contribution in [0.4, 0.5) is 0 Å². The molecule has 0 aromatic carbocycles. The van der Waals surface area contributed by atoms with E-state index in [9.17, 15) is 4.79 Å². The Labute approximate surface area is 113 Å². The Balaban J connectivity index is 1.87. The van der Waals surface area contributed by atoms with E-state index in [0.717, 1.165) is 11.6 Å². The van der Waals surface area contributed by atoms with E-state index in [1.807, 2.05) is 0 Å². The molecule has 100 valence electrons. The van der Waals surface area contributed by atoms with Gasteiger partial charge in [0.25, 0.3) is 0 Å². The van der Waals surface area contributed by atoms with Crippen LogP contribution in [0.5, 0.6) is 0 Å². The Hall–Kier alpha value is -0.900. The van der Waals surface area contributed by atoms with Crippen LogP contribution in [0.2, 0.25) is 0 Å². The van der Waals surface area contributed by atoms with Crippen molar-refractivity contribution in [2.24, 2.45) is 5.92 Å². The average molecular weight is 267 g/mol. The lowest BCUT2D eigenvalue weighted by atomic mass is 9.83. The van der Waals surface area contributed by atoms with Crippen molar-refractivity contribution in [1.82, 2.24) is 4.98 Å². The third-order valence-electron chi connectivity index (χ3n) is 3.75. The highest BCUT2D eigenvalue weighted by Gasteiger charge is 2.22. The van der Waals surface area contributed by atoms with Gasteiger partial charge >= 0.3 is 5.97 Å². The van der Waals surface area contributed by atoms with Gasteiger partial charge in [0.2, 0.25) is 0 Å². The van der Waals surface area contributed by atoms with Crippen LogP contribution >= 0.6 is 11.3 Å². The second-order valence-corrected chi connectivity index (χ2v) is 6.10. The number of carbonyl (C=O) groups is 1. The van der Waals surface area contributed by atoms with Crippen molar-refractivity contribution in [3.05, 3.63) is 16.1 Å². The van der Waals surface area contributed by atoms with Gasteiger partial charge in [-0.2, -0.15) is 0 Å². The SMILES string of the molecule is COC(=O)CCc1csc(C2CCC(C)CC2)n1. The molecule has 1 aliphatic rings. The molecule has 1 aromatic heterocycles. The summed E-state index contributed by atoms with van der Waals surface area (Å²) in [6.45, 7) is 2.33. The van der Waals surface area contributed by atoms with Gasteiger partial charge in [-0.05, 0) is 18.8 Å². The Kier molecular flexibility index (Phi) is 4.75. The fourth-order valence-electron chi connectivity index (χ4n) is 2.46. The standard InChI is InChI=1S/C14H21NO2S/c1-10-3-5-11(6-4-10)14-15-12(9-18-14)7-8-13(16)17-2/h9-11H,3-8H2,1-2H3. The maximum Gasteiger partial charge on any atom is 0.305 e. The van der Waals surface area contributed by atoms with Crippen LogP contribution in [0.3, 0.4) is 0 Å². The highest BCUT2D eigenvalue weighted by atomic mass is 32.1. The number of ether oxygens (including phenoxy) is 1. The fourth-order valence-corrected chi connectivity index (χ4v) is 3.49. The van der Waals surface area contributed by atoms with E-state index < -0.39 is 0 Å². The minimum absolute atomic E-state index is 0.156. The molecule has 0 radical (unpaired) electrons. The summed E-state index contributed by atoms with van der Waals surface area (Å²) in [4.78, 5) is 15.8. The van der Waals surface area contributed by atoms with Gasteiger partial charge in [0, 0.05) is 17.7 Å². The van der Waals surface area contributed by atoms with Crippen molar-refractivity contribution >= 4 is 17.3 Å². The minimum Gasteiger partial charge on any atom is -0.469 e. The molecule has 0 spiro atoms. The molecule has 0 atom stereocenters. The van der Waals surface area contributed by atoms with E-state index in [1.54, 1.807) is 11.3 Å². The zero-order valence-corrected chi connectivity index (χ0v) is 12.0. The van der Waals surface area contributed by atoms with Gasteiger partial charge in [-0.1, -0.05) is 19.8 Å². The minimum atomic E-state index is -0.156. The largest absolute Gasteiger partial charge is 0.469 e. The molecule has 4 heteroatoms. The second-order valence-electron chi connectivity index (χ2n) is 5.21. The Morgan fingerprint density at radius 3 is 2.83 bits per heavy atom. The quantitative estimate of drug-likeness (QED) is 0.783. The number of hydrogen-bond acceptors (Lipinski definition) is 4. The van der Waals surface area contributed by atoms with E-state index in [4.69, 9.17) is 0 Å². The predicted octanol–water partition coefficient (Wildman–Crippen LogP) is 3.54. The number of rotatable bonds is 4. The molecular formula is C14H21NO2S. The summed E-state index contributed by atoms with van der Waals surface area (Å²) in [7, 11) is 1.43. The van der Waals surface area contributed by atoms with Crippen molar-refractivity contribution in [3.8, 4) is 0 Å². The lowest BCUT2D eigenvalue weighted by molar-refractivity contribution is -0.140. The molecule has 0 bridgehead atoms. The van der Waals surface area contributed by atoms with Gasteiger partial charge in [0.15, 0.2) is 0 Å². The van der Waals surface area contributed by atoms with Crippen LogP contribution < -0.4 is 0 Å². The number of thiazole rings is 1. The highest BCUT2D eigenvalue weighted by Crippen LogP contribution is 2.36. The summed E-state index contributed by atoms with van der Waals surface area (Å²) < 4.78 is 4.64. The predicted molar refractivity (Wildman–Crippen MR) is 72.8 cm³/mol. The first-order valence-electron chi connectivity index (χ1n) is 6.70. The third-order valence-corrected chi connectivity index (χ3v) is 4.80. The van der Waals surface area contributed by atoms with Crippen molar-refractivity contribution in [2.75, 3.05) is 7.11 Å². The Morgan fingerprint density at radius 1 is 1.44 bits per heavy atom. The molecule has 0 unspecified atom stereocenters. The number of aryl methyl sites for hydroxylation is 1. The molecule has 1 saturated carbocycles. The van der Waals surface area contributed by atoms with Gasteiger partial charge in [0.1, 0.15) is 0 Å². The topological polar surface area (TPSA) is 39.2 Å². The van der Waals surface area contributed by atoms with E-state index in [-0.39, 0.29) is 5.97 Å². The molecule has 0 N–H and O–H groups in total. The van der Waals surface area contributed by atoms with E-state index in [1.165, 1.54) is 37.8 Å². The van der Waals surface area contributed by atoms with E-state index in [2.05, 4.69) is 22.0 Å². The average Bonchev–Trinajstić information content (AvgIpc) is 2.85. The number of esters is 1. The summed E-state index contributed by atoms with van der Waals surface area (Å²) in [5.41, 5.74) is 1.04. The van der Waals surface area contributed by atoms with Gasteiger partial charge in [-0.3, -0.25) is 4.79 Å². The molecule has 1 aromatic rings. The van der Waals surface area contributed by atoms with Gasteiger partial charge in [0.05, 0.1) is 24.2 Å². The van der Waals surface area contributed by atoms with Gasteiger partial charge in [-0.15, -0.1) is 11.3 Å². The molecule has 1 aliphatic carbocycles. The molecular weight excluding hydrogens is 246 g/mol. The van der Waals surface area contributed by atoms with Crippen LogP contribution in [0, 0.1) is 5.92 Å². The number of hydrogen-bond donors (Lipinski definition) is 0. The smallest absolute Gasteiger partial charge is 0.305 e. The zero-order chi connectivity index (χ0) is 13.0. The monoisotopic (exact) mass is 267 g/mol. The van der Waals surface area contributed by atoms with E-state index in [0.29, 0.717) is 18.8 Å². The third kappa shape index (κ3) is 3.55. The maximum absolute atomic E-state index is 11.1. The highest BCUT2D eigenvalue weighted by molar-refractivity contribution is 7.09. The van der Waals surface area contributed by atoms with Gasteiger partial charge in [-0.25, -0.2) is 4.98 Å². The summed E-state index contributed by atoms with van der Waals surface area (Å²) in [5, 5.41) is 3.36.